The lowest BCUT2D eigenvalue weighted by Crippen LogP contribution is -2.26. The van der Waals surface area contributed by atoms with E-state index in [1.54, 1.807) is 47.2 Å². The Morgan fingerprint density at radius 3 is 2.73 bits per heavy atom. The maximum atomic E-state index is 14.9. The smallest absolute Gasteiger partial charge is 0.414 e. The van der Waals surface area contributed by atoms with Crippen LogP contribution in [0.15, 0.2) is 61.1 Å². The molecule has 4 aromatic rings. The summed E-state index contributed by atoms with van der Waals surface area (Å²) in [6, 6.07) is 12.2. The highest BCUT2D eigenvalue weighted by atomic mass is 19.1. The van der Waals surface area contributed by atoms with Crippen molar-refractivity contribution in [2.75, 3.05) is 18.6 Å². The van der Waals surface area contributed by atoms with Crippen LogP contribution in [0.2, 0.25) is 0 Å². The van der Waals surface area contributed by atoms with Gasteiger partial charge in [0.15, 0.2) is 0 Å². The van der Waals surface area contributed by atoms with Crippen LogP contribution in [0.1, 0.15) is 5.56 Å². The number of ether oxygens (including phenoxy) is 2. The van der Waals surface area contributed by atoms with Gasteiger partial charge in [-0.05, 0) is 35.9 Å². The number of aromatic nitrogens is 6. The molecule has 10 nitrogen and oxygen atoms in total. The van der Waals surface area contributed by atoms with Gasteiger partial charge in [-0.1, -0.05) is 22.6 Å². The molecule has 1 fully saturated rings. The first kappa shape index (κ1) is 20.6. The zero-order valence-electron chi connectivity index (χ0n) is 17.7. The maximum Gasteiger partial charge on any atom is 0.414 e. The lowest BCUT2D eigenvalue weighted by Gasteiger charge is -2.14. The van der Waals surface area contributed by atoms with Gasteiger partial charge < -0.3 is 9.47 Å². The molecule has 1 atom stereocenters. The second-order valence-electron chi connectivity index (χ2n) is 7.56. The van der Waals surface area contributed by atoms with Crippen LogP contribution in [0, 0.1) is 5.82 Å². The first-order chi connectivity index (χ1) is 16.1. The van der Waals surface area contributed by atoms with E-state index in [4.69, 9.17) is 9.47 Å². The standard InChI is InChI=1S/C22H20FN7O3/c1-32-17-5-2-15(3-6-17)11-29-14-21(25-27-29)19-7-4-16(10-20(19)23)30-13-18(33-22(30)31)12-28-9-8-24-26-28/h2-10,14,18H,11-13H2,1H3/t18-/m0/s1. The Morgan fingerprint density at radius 1 is 1.15 bits per heavy atom. The summed E-state index contributed by atoms with van der Waals surface area (Å²) in [5.74, 6) is 0.267. The van der Waals surface area contributed by atoms with Gasteiger partial charge in [-0.3, -0.25) is 4.90 Å². The molecule has 0 saturated carbocycles. The number of carbonyl (C=O) groups is 1. The number of hydrogen-bond donors (Lipinski definition) is 0. The molecule has 3 heterocycles. The van der Waals surface area contributed by atoms with Gasteiger partial charge in [0, 0.05) is 11.8 Å². The molecular formula is C22H20FN7O3. The van der Waals surface area contributed by atoms with Crippen LogP contribution < -0.4 is 9.64 Å². The molecule has 33 heavy (non-hydrogen) atoms. The second kappa shape index (κ2) is 8.69. The first-order valence-corrected chi connectivity index (χ1v) is 10.2. The van der Waals surface area contributed by atoms with Crippen molar-refractivity contribution in [2.24, 2.45) is 0 Å². The minimum atomic E-state index is -0.530. The number of hydrogen-bond acceptors (Lipinski definition) is 7. The Hall–Kier alpha value is -4.28. The van der Waals surface area contributed by atoms with Gasteiger partial charge in [-0.15, -0.1) is 10.2 Å². The van der Waals surface area contributed by atoms with Gasteiger partial charge >= 0.3 is 6.09 Å². The molecule has 1 amide bonds. The van der Waals surface area contributed by atoms with Crippen LogP contribution in [-0.4, -0.2) is 55.8 Å². The van der Waals surface area contributed by atoms with Crippen molar-refractivity contribution in [3.63, 3.8) is 0 Å². The van der Waals surface area contributed by atoms with Crippen LogP contribution >= 0.6 is 0 Å². The second-order valence-corrected chi connectivity index (χ2v) is 7.56. The molecule has 2 aromatic heterocycles. The molecule has 11 heteroatoms. The monoisotopic (exact) mass is 449 g/mol. The highest BCUT2D eigenvalue weighted by Crippen LogP contribution is 2.28. The van der Waals surface area contributed by atoms with E-state index in [2.05, 4.69) is 20.6 Å². The average molecular weight is 449 g/mol. The van der Waals surface area contributed by atoms with Gasteiger partial charge in [-0.25, -0.2) is 18.5 Å². The predicted molar refractivity (Wildman–Crippen MR) is 115 cm³/mol. The Kier molecular flexibility index (Phi) is 5.43. The summed E-state index contributed by atoms with van der Waals surface area (Å²) in [6.07, 6.45) is 3.99. The van der Waals surface area contributed by atoms with E-state index in [1.165, 1.54) is 11.0 Å². The maximum absolute atomic E-state index is 14.9. The average Bonchev–Trinajstić information content (AvgIpc) is 3.57. The molecule has 0 bridgehead atoms. The number of carbonyl (C=O) groups excluding carboxylic acids is 1. The summed E-state index contributed by atoms with van der Waals surface area (Å²) in [5.41, 5.74) is 2.12. The number of methoxy groups -OCH3 is 1. The predicted octanol–water partition coefficient (Wildman–Crippen LogP) is 2.76. The van der Waals surface area contributed by atoms with Crippen LogP contribution in [0.25, 0.3) is 11.3 Å². The highest BCUT2D eigenvalue weighted by molar-refractivity contribution is 5.90. The molecule has 168 valence electrons. The SMILES string of the molecule is COc1ccc(Cn2cc(-c3ccc(N4C[C@H](Cn5ccnn5)OC4=O)cc3F)nn2)cc1. The van der Waals surface area contributed by atoms with Crippen molar-refractivity contribution in [1.29, 1.82) is 0 Å². The van der Waals surface area contributed by atoms with Gasteiger partial charge in [0.2, 0.25) is 0 Å². The zero-order chi connectivity index (χ0) is 22.8. The third-order valence-corrected chi connectivity index (χ3v) is 5.32. The highest BCUT2D eigenvalue weighted by Gasteiger charge is 2.33. The van der Waals surface area contributed by atoms with Gasteiger partial charge in [0.05, 0.1) is 44.8 Å². The van der Waals surface area contributed by atoms with Crippen LogP contribution in [0.4, 0.5) is 14.9 Å². The van der Waals surface area contributed by atoms with E-state index in [-0.39, 0.29) is 6.54 Å². The van der Waals surface area contributed by atoms with Crippen LogP contribution in [-0.2, 0) is 17.8 Å². The van der Waals surface area contributed by atoms with E-state index in [1.807, 2.05) is 24.3 Å². The number of anilines is 1. The molecule has 1 aliphatic heterocycles. The molecule has 5 rings (SSSR count). The van der Waals surface area contributed by atoms with Crippen molar-refractivity contribution >= 4 is 11.8 Å². The topological polar surface area (TPSA) is 100 Å². The zero-order valence-corrected chi connectivity index (χ0v) is 17.7. The molecule has 0 unspecified atom stereocenters. The minimum Gasteiger partial charge on any atom is -0.497 e. The number of rotatable bonds is 7. The fraction of sp³-hybridized carbons (Fsp3) is 0.227. The van der Waals surface area contributed by atoms with Crippen molar-refractivity contribution in [3.05, 3.63) is 72.4 Å². The van der Waals surface area contributed by atoms with Gasteiger partial charge in [0.25, 0.3) is 0 Å². The van der Waals surface area contributed by atoms with Crippen molar-refractivity contribution in [3.8, 4) is 17.0 Å². The summed E-state index contributed by atoms with van der Waals surface area (Å²) < 4.78 is 28.7. The molecule has 0 aliphatic carbocycles. The Bertz CT molecular complexity index is 1260. The van der Waals surface area contributed by atoms with Crippen LogP contribution in [0.3, 0.4) is 0 Å². The number of cyclic esters (lactones) is 1. The lowest BCUT2D eigenvalue weighted by atomic mass is 10.1. The van der Waals surface area contributed by atoms with E-state index >= 15 is 0 Å². The van der Waals surface area contributed by atoms with E-state index in [0.717, 1.165) is 11.3 Å². The third kappa shape index (κ3) is 4.38. The number of halogens is 1. The van der Waals surface area contributed by atoms with Gasteiger partial charge in [-0.2, -0.15) is 0 Å². The lowest BCUT2D eigenvalue weighted by molar-refractivity contribution is 0.129. The van der Waals surface area contributed by atoms with Crippen LogP contribution in [0.5, 0.6) is 5.75 Å². The van der Waals surface area contributed by atoms with Crippen molar-refractivity contribution in [2.45, 2.75) is 19.2 Å². The summed E-state index contributed by atoms with van der Waals surface area (Å²) >= 11 is 0. The molecule has 1 aliphatic rings. The fourth-order valence-electron chi connectivity index (χ4n) is 3.66. The molecular weight excluding hydrogens is 429 g/mol. The van der Waals surface area contributed by atoms with E-state index in [9.17, 15) is 9.18 Å². The molecule has 0 N–H and O–H groups in total. The molecule has 2 aromatic carbocycles. The number of nitrogens with zero attached hydrogens (tertiary/aromatic N) is 7. The van der Waals surface area contributed by atoms with E-state index < -0.39 is 18.0 Å². The Balaban J connectivity index is 1.28. The minimum absolute atomic E-state index is 0.287. The normalized spacial score (nSPS) is 15.6. The molecule has 1 saturated heterocycles. The molecule has 0 radical (unpaired) electrons. The Labute approximate surface area is 188 Å². The third-order valence-electron chi connectivity index (χ3n) is 5.32. The van der Waals surface area contributed by atoms with Crippen molar-refractivity contribution in [1.82, 2.24) is 30.0 Å². The first-order valence-electron chi connectivity index (χ1n) is 10.2. The largest absolute Gasteiger partial charge is 0.497 e. The quantitative estimate of drug-likeness (QED) is 0.428. The Morgan fingerprint density at radius 2 is 2.00 bits per heavy atom. The number of amides is 1. The van der Waals surface area contributed by atoms with Crippen molar-refractivity contribution < 1.29 is 18.7 Å². The summed E-state index contributed by atoms with van der Waals surface area (Å²) in [5, 5.41) is 15.8. The fourth-order valence-corrected chi connectivity index (χ4v) is 3.66. The van der Waals surface area contributed by atoms with E-state index in [0.29, 0.717) is 30.0 Å². The molecule has 0 spiro atoms. The number of benzene rings is 2. The summed E-state index contributed by atoms with van der Waals surface area (Å²) in [4.78, 5) is 13.7. The summed E-state index contributed by atoms with van der Waals surface area (Å²) in [7, 11) is 1.61. The van der Waals surface area contributed by atoms with Gasteiger partial charge in [0.1, 0.15) is 23.4 Å². The summed E-state index contributed by atoms with van der Waals surface area (Å²) in [6.45, 7) is 1.15.